The van der Waals surface area contributed by atoms with E-state index in [-0.39, 0.29) is 18.2 Å². The number of aromatic carboxylic acids is 1. The van der Waals surface area contributed by atoms with E-state index in [1.165, 1.54) is 12.3 Å². The second-order valence-electron chi connectivity index (χ2n) is 10.3. The summed E-state index contributed by atoms with van der Waals surface area (Å²) in [6, 6.07) is 11.1. The second kappa shape index (κ2) is 11.6. The number of fused-ring (bicyclic) bond motifs is 1. The lowest BCUT2D eigenvalue weighted by Crippen LogP contribution is -2.33. The van der Waals surface area contributed by atoms with Crippen molar-refractivity contribution in [3.63, 3.8) is 0 Å². The van der Waals surface area contributed by atoms with Crippen LogP contribution < -0.4 is 5.32 Å². The van der Waals surface area contributed by atoms with E-state index in [1.807, 2.05) is 6.08 Å². The van der Waals surface area contributed by atoms with E-state index in [9.17, 15) is 18.7 Å². The first-order valence-electron chi connectivity index (χ1n) is 13.4. The SMILES string of the molecule is O=C(O)c1ccc2nc(CN3CC=C(c4cc(NCc5ccc(Cl)cc5F)ncc4F)CC3)n(C[C@@H]3CCO3)c2c1. The van der Waals surface area contributed by atoms with Crippen LogP contribution in [0.5, 0.6) is 0 Å². The molecular formula is C30H28ClF2N5O3. The molecule has 4 aromatic rings. The molecule has 0 radical (unpaired) electrons. The van der Waals surface area contributed by atoms with E-state index in [2.05, 4.69) is 19.8 Å². The number of nitrogens with one attached hydrogen (secondary N) is 1. The molecule has 41 heavy (non-hydrogen) atoms. The van der Waals surface area contributed by atoms with Crippen LogP contribution in [0.15, 0.2) is 54.7 Å². The van der Waals surface area contributed by atoms with Crippen LogP contribution in [0.4, 0.5) is 14.6 Å². The van der Waals surface area contributed by atoms with Gasteiger partial charge in [0.05, 0.1) is 42.0 Å². The zero-order valence-electron chi connectivity index (χ0n) is 22.1. The van der Waals surface area contributed by atoms with Crippen LogP contribution in [0.3, 0.4) is 0 Å². The van der Waals surface area contributed by atoms with Gasteiger partial charge in [-0.05, 0) is 54.8 Å². The van der Waals surface area contributed by atoms with E-state index >= 15 is 0 Å². The maximum atomic E-state index is 14.8. The smallest absolute Gasteiger partial charge is 0.335 e. The zero-order valence-corrected chi connectivity index (χ0v) is 22.9. The van der Waals surface area contributed by atoms with Crippen molar-refractivity contribution in [1.82, 2.24) is 19.4 Å². The highest BCUT2D eigenvalue weighted by Gasteiger charge is 2.24. The molecule has 0 aliphatic carbocycles. The quantitative estimate of drug-likeness (QED) is 0.261. The fourth-order valence-corrected chi connectivity index (χ4v) is 5.35. The van der Waals surface area contributed by atoms with E-state index in [0.29, 0.717) is 54.6 Å². The van der Waals surface area contributed by atoms with Crippen LogP contribution in [-0.4, -0.2) is 56.3 Å². The molecule has 2 aliphatic heterocycles. The lowest BCUT2D eigenvalue weighted by molar-refractivity contribution is -0.0591. The van der Waals surface area contributed by atoms with Crippen molar-refractivity contribution in [2.45, 2.75) is 38.6 Å². The molecular weight excluding hydrogens is 552 g/mol. The van der Waals surface area contributed by atoms with Crippen LogP contribution >= 0.6 is 11.6 Å². The van der Waals surface area contributed by atoms with E-state index in [1.54, 1.807) is 36.4 Å². The molecule has 0 amide bonds. The molecule has 0 spiro atoms. The van der Waals surface area contributed by atoms with Crippen LogP contribution in [-0.2, 0) is 24.4 Å². The average molecular weight is 580 g/mol. The molecule has 0 bridgehead atoms. The number of aromatic nitrogens is 3. The fourth-order valence-electron chi connectivity index (χ4n) is 5.19. The standard InChI is InChI=1S/C30H28ClF2N5O3/c31-21-3-1-20(24(32)12-21)14-34-28-13-23(25(33)15-35-28)18-5-8-37(9-6-18)17-29-36-26-4-2-19(30(39)40)11-27(26)38(29)16-22-7-10-41-22/h1-5,11-13,15,22H,6-10,14,16-17H2,(H,34,35)(H,39,40)/t22-/m0/s1. The largest absolute Gasteiger partial charge is 0.478 e. The molecule has 2 aromatic carbocycles. The Morgan fingerprint density at radius 2 is 2.02 bits per heavy atom. The molecule has 0 saturated carbocycles. The minimum atomic E-state index is -0.978. The summed E-state index contributed by atoms with van der Waals surface area (Å²) in [5.41, 5.74) is 3.52. The highest BCUT2D eigenvalue weighted by molar-refractivity contribution is 6.30. The normalized spacial score (nSPS) is 17.3. The van der Waals surface area contributed by atoms with Gasteiger partial charge < -0.3 is 19.7 Å². The molecule has 6 rings (SSSR count). The van der Waals surface area contributed by atoms with Crippen molar-refractivity contribution in [3.8, 4) is 0 Å². The number of pyridine rings is 1. The van der Waals surface area contributed by atoms with Gasteiger partial charge in [-0.3, -0.25) is 4.90 Å². The predicted octanol–water partition coefficient (Wildman–Crippen LogP) is 5.75. The van der Waals surface area contributed by atoms with Crippen molar-refractivity contribution < 1.29 is 23.4 Å². The Morgan fingerprint density at radius 1 is 1.17 bits per heavy atom. The summed E-state index contributed by atoms with van der Waals surface area (Å²) in [6.45, 7) is 3.38. The molecule has 8 nitrogen and oxygen atoms in total. The lowest BCUT2D eigenvalue weighted by Gasteiger charge is -2.29. The molecule has 212 valence electrons. The first-order chi connectivity index (χ1) is 19.8. The van der Waals surface area contributed by atoms with Crippen LogP contribution in [0.1, 0.15) is 40.2 Å². The van der Waals surface area contributed by atoms with E-state index in [4.69, 9.17) is 21.3 Å². The molecule has 2 aromatic heterocycles. The topological polar surface area (TPSA) is 92.5 Å². The maximum absolute atomic E-state index is 14.8. The summed E-state index contributed by atoms with van der Waals surface area (Å²) >= 11 is 5.83. The van der Waals surface area contributed by atoms with Crippen molar-refractivity contribution in [2.75, 3.05) is 25.0 Å². The third kappa shape index (κ3) is 5.95. The van der Waals surface area contributed by atoms with Gasteiger partial charge >= 0.3 is 5.97 Å². The van der Waals surface area contributed by atoms with Crippen molar-refractivity contribution in [2.24, 2.45) is 0 Å². The van der Waals surface area contributed by atoms with Gasteiger partial charge in [0.1, 0.15) is 23.3 Å². The number of carbonyl (C=O) groups is 1. The second-order valence-corrected chi connectivity index (χ2v) is 10.7. The van der Waals surface area contributed by atoms with Gasteiger partial charge in [-0.1, -0.05) is 23.7 Å². The van der Waals surface area contributed by atoms with Crippen molar-refractivity contribution in [3.05, 3.63) is 93.9 Å². The molecule has 0 unspecified atom stereocenters. The Labute approximate surface area is 240 Å². The Bertz CT molecular complexity index is 1650. The van der Waals surface area contributed by atoms with Gasteiger partial charge in [0, 0.05) is 42.4 Å². The number of hydrogen-bond acceptors (Lipinski definition) is 6. The number of halogens is 3. The molecule has 4 heterocycles. The van der Waals surface area contributed by atoms with Gasteiger partial charge in [0.15, 0.2) is 0 Å². The maximum Gasteiger partial charge on any atom is 0.335 e. The summed E-state index contributed by atoms with van der Waals surface area (Å²) in [5.74, 6) is -0.519. The number of carboxylic acids is 1. The number of imidazole rings is 1. The molecule has 1 atom stereocenters. The lowest BCUT2D eigenvalue weighted by atomic mass is 9.99. The molecule has 1 saturated heterocycles. The van der Waals surface area contributed by atoms with E-state index < -0.39 is 17.6 Å². The van der Waals surface area contributed by atoms with Crippen LogP contribution in [0, 0.1) is 11.6 Å². The number of rotatable bonds is 9. The molecule has 2 N–H and O–H groups in total. The van der Waals surface area contributed by atoms with Crippen molar-refractivity contribution >= 4 is 40.0 Å². The third-order valence-electron chi connectivity index (χ3n) is 7.59. The summed E-state index contributed by atoms with van der Waals surface area (Å²) in [5, 5.41) is 12.9. The Balaban J connectivity index is 1.17. The number of nitrogens with zero attached hydrogens (tertiary/aromatic N) is 4. The first kappa shape index (κ1) is 27.3. The third-order valence-corrected chi connectivity index (χ3v) is 7.82. The van der Waals surface area contributed by atoms with E-state index in [0.717, 1.165) is 35.5 Å². The minimum absolute atomic E-state index is 0.0844. The number of hydrogen-bond donors (Lipinski definition) is 2. The Morgan fingerprint density at radius 3 is 2.73 bits per heavy atom. The minimum Gasteiger partial charge on any atom is -0.478 e. The van der Waals surface area contributed by atoms with Gasteiger partial charge in [-0.25, -0.2) is 23.5 Å². The van der Waals surface area contributed by atoms with Crippen LogP contribution in [0.25, 0.3) is 16.6 Å². The number of carboxylic acid groups (broad SMARTS) is 1. The van der Waals surface area contributed by atoms with Gasteiger partial charge in [0.25, 0.3) is 0 Å². The van der Waals surface area contributed by atoms with Crippen molar-refractivity contribution in [1.29, 1.82) is 0 Å². The molecule has 11 heteroatoms. The first-order valence-corrected chi connectivity index (χ1v) is 13.8. The molecule has 1 fully saturated rings. The number of ether oxygens (including phenoxy) is 1. The Kier molecular flexibility index (Phi) is 7.70. The number of anilines is 1. The summed E-state index contributed by atoms with van der Waals surface area (Å²) in [6.07, 6.45) is 4.85. The van der Waals surface area contributed by atoms with Gasteiger partial charge in [-0.2, -0.15) is 0 Å². The predicted molar refractivity (Wildman–Crippen MR) is 152 cm³/mol. The summed E-state index contributed by atoms with van der Waals surface area (Å²) in [4.78, 5) is 22.7. The Hall–Kier alpha value is -3.86. The average Bonchev–Trinajstić information content (AvgIpc) is 3.27. The molecule has 2 aliphatic rings. The number of benzene rings is 2. The van der Waals surface area contributed by atoms with Gasteiger partial charge in [0.2, 0.25) is 0 Å². The zero-order chi connectivity index (χ0) is 28.5. The highest BCUT2D eigenvalue weighted by atomic mass is 35.5. The summed E-state index contributed by atoms with van der Waals surface area (Å²) in [7, 11) is 0. The monoisotopic (exact) mass is 579 g/mol. The summed E-state index contributed by atoms with van der Waals surface area (Å²) < 4.78 is 36.7. The highest BCUT2D eigenvalue weighted by Crippen LogP contribution is 2.28. The van der Waals surface area contributed by atoms with Gasteiger partial charge in [-0.15, -0.1) is 0 Å². The van der Waals surface area contributed by atoms with Crippen LogP contribution in [0.2, 0.25) is 5.02 Å². The fraction of sp³-hybridized carbons (Fsp3) is 0.300.